The summed E-state index contributed by atoms with van der Waals surface area (Å²) in [5.41, 5.74) is 2.76. The number of hydrogen-bond donors (Lipinski definition) is 0. The topological polar surface area (TPSA) is 30.0 Å². The third-order valence-corrected chi connectivity index (χ3v) is 3.15. The molecule has 2 nitrogen and oxygen atoms in total. The number of thiophene rings is 1. The van der Waals surface area contributed by atoms with Crippen LogP contribution in [-0.2, 0) is 0 Å². The van der Waals surface area contributed by atoms with Gasteiger partial charge in [-0.3, -0.25) is 9.78 Å². The molecule has 0 saturated heterocycles. The summed E-state index contributed by atoms with van der Waals surface area (Å²) in [6, 6.07) is 1.95. The highest BCUT2D eigenvalue weighted by Crippen LogP contribution is 2.29. The number of carbonyl (C=O) groups excluding carboxylic acids is 1. The molecule has 0 bridgehead atoms. The Balaban J connectivity index is 2.53. The quantitative estimate of drug-likeness (QED) is 0.689. The zero-order chi connectivity index (χ0) is 8.39. The molecule has 0 radical (unpaired) electrons. The van der Waals surface area contributed by atoms with E-state index in [1.807, 2.05) is 11.4 Å². The van der Waals surface area contributed by atoms with Crippen LogP contribution >= 0.6 is 22.7 Å². The van der Waals surface area contributed by atoms with Gasteiger partial charge >= 0.3 is 0 Å². The fourth-order valence-corrected chi connectivity index (χ4v) is 2.40. The minimum absolute atomic E-state index is 0.777. The smallest absolute Gasteiger partial charge is 0.160 e. The molecular weight excluding hydrogens is 190 g/mol. The van der Waals surface area contributed by atoms with Gasteiger partial charge in [0.1, 0.15) is 0 Å². The van der Waals surface area contributed by atoms with Crippen LogP contribution in [0.25, 0.3) is 10.4 Å². The SMILES string of the molecule is O=Cc1sccc1-c1cncs1. The second-order valence-electron chi connectivity index (χ2n) is 2.18. The third kappa shape index (κ3) is 1.19. The molecule has 60 valence electrons. The molecular formula is C8H5NOS2. The number of carbonyl (C=O) groups is 1. The summed E-state index contributed by atoms with van der Waals surface area (Å²) in [5, 5.41) is 1.92. The van der Waals surface area contributed by atoms with Gasteiger partial charge in [0.25, 0.3) is 0 Å². The standard InChI is InChI=1S/C8H5NOS2/c10-4-8-6(1-2-11-8)7-3-9-5-12-7/h1-5H. The molecule has 12 heavy (non-hydrogen) atoms. The number of aldehydes is 1. The van der Waals surface area contributed by atoms with Gasteiger partial charge in [-0.25, -0.2) is 0 Å². The molecule has 2 aromatic rings. The van der Waals surface area contributed by atoms with Crippen molar-refractivity contribution in [2.45, 2.75) is 0 Å². The molecule has 4 heteroatoms. The van der Waals surface area contributed by atoms with Crippen molar-refractivity contribution in [2.24, 2.45) is 0 Å². The maximum atomic E-state index is 10.6. The van der Waals surface area contributed by atoms with Crippen LogP contribution in [0.1, 0.15) is 9.67 Å². The molecule has 2 rings (SSSR count). The summed E-state index contributed by atoms with van der Waals surface area (Å²) in [5.74, 6) is 0. The van der Waals surface area contributed by atoms with Gasteiger partial charge in [-0.2, -0.15) is 0 Å². The molecule has 0 aromatic carbocycles. The van der Waals surface area contributed by atoms with Gasteiger partial charge in [0, 0.05) is 11.8 Å². The first-order valence-electron chi connectivity index (χ1n) is 3.33. The van der Waals surface area contributed by atoms with Crippen molar-refractivity contribution >= 4 is 29.0 Å². The highest BCUT2D eigenvalue weighted by atomic mass is 32.1. The molecule has 0 spiro atoms. The van der Waals surface area contributed by atoms with E-state index in [0.717, 1.165) is 21.6 Å². The number of aromatic nitrogens is 1. The van der Waals surface area contributed by atoms with Crippen molar-refractivity contribution in [1.29, 1.82) is 0 Å². The molecule has 0 amide bonds. The lowest BCUT2D eigenvalue weighted by Gasteiger charge is -1.90. The average molecular weight is 195 g/mol. The Hall–Kier alpha value is -1.00. The minimum atomic E-state index is 0.777. The Labute approximate surface area is 77.5 Å². The van der Waals surface area contributed by atoms with E-state index in [0.29, 0.717) is 0 Å². The fourth-order valence-electron chi connectivity index (χ4n) is 0.965. The van der Waals surface area contributed by atoms with E-state index in [9.17, 15) is 4.79 Å². The summed E-state index contributed by atoms with van der Waals surface area (Å²) in [4.78, 5) is 16.4. The Bertz CT molecular complexity index is 377. The first-order valence-corrected chi connectivity index (χ1v) is 5.09. The van der Waals surface area contributed by atoms with E-state index in [1.54, 1.807) is 23.0 Å². The van der Waals surface area contributed by atoms with E-state index in [2.05, 4.69) is 4.98 Å². The van der Waals surface area contributed by atoms with Crippen molar-refractivity contribution in [1.82, 2.24) is 4.98 Å². The van der Waals surface area contributed by atoms with Gasteiger partial charge in [0.05, 0.1) is 15.3 Å². The third-order valence-electron chi connectivity index (χ3n) is 1.50. The molecule has 0 aliphatic rings. The predicted octanol–water partition coefficient (Wildman–Crippen LogP) is 2.68. The van der Waals surface area contributed by atoms with E-state index < -0.39 is 0 Å². The van der Waals surface area contributed by atoms with Gasteiger partial charge in [0.2, 0.25) is 0 Å². The highest BCUT2D eigenvalue weighted by Gasteiger charge is 2.06. The van der Waals surface area contributed by atoms with Crippen LogP contribution in [0.3, 0.4) is 0 Å². The van der Waals surface area contributed by atoms with Crippen molar-refractivity contribution in [3.63, 3.8) is 0 Å². The first kappa shape index (κ1) is 7.64. The maximum absolute atomic E-state index is 10.6. The van der Waals surface area contributed by atoms with Crippen LogP contribution < -0.4 is 0 Å². The lowest BCUT2D eigenvalue weighted by molar-refractivity contribution is 0.112. The first-order chi connectivity index (χ1) is 5.92. The van der Waals surface area contributed by atoms with E-state index >= 15 is 0 Å². The number of rotatable bonds is 2. The van der Waals surface area contributed by atoms with Gasteiger partial charge in [-0.05, 0) is 11.4 Å². The highest BCUT2D eigenvalue weighted by molar-refractivity contribution is 7.15. The zero-order valence-corrected chi connectivity index (χ0v) is 7.69. The Morgan fingerprint density at radius 1 is 1.42 bits per heavy atom. The predicted molar refractivity (Wildman–Crippen MR) is 50.8 cm³/mol. The monoisotopic (exact) mass is 195 g/mol. The van der Waals surface area contributed by atoms with Crippen molar-refractivity contribution < 1.29 is 4.79 Å². The van der Waals surface area contributed by atoms with Crippen molar-refractivity contribution in [3.8, 4) is 10.4 Å². The molecule has 0 fully saturated rings. The van der Waals surface area contributed by atoms with E-state index in [1.165, 1.54) is 11.3 Å². The molecule has 0 N–H and O–H groups in total. The van der Waals surface area contributed by atoms with Crippen molar-refractivity contribution in [3.05, 3.63) is 28.0 Å². The summed E-state index contributed by atoms with van der Waals surface area (Å²) < 4.78 is 0. The fraction of sp³-hybridized carbons (Fsp3) is 0. The van der Waals surface area contributed by atoms with Crippen LogP contribution in [0.2, 0.25) is 0 Å². The molecule has 0 aliphatic carbocycles. The van der Waals surface area contributed by atoms with Gasteiger partial charge in [-0.15, -0.1) is 22.7 Å². The van der Waals surface area contributed by atoms with Crippen LogP contribution in [0.15, 0.2) is 23.2 Å². The zero-order valence-electron chi connectivity index (χ0n) is 6.06. The second-order valence-corrected chi connectivity index (χ2v) is 4.02. The largest absolute Gasteiger partial charge is 0.297 e. The maximum Gasteiger partial charge on any atom is 0.160 e. The Morgan fingerprint density at radius 2 is 2.33 bits per heavy atom. The van der Waals surface area contributed by atoms with Crippen LogP contribution in [0.5, 0.6) is 0 Å². The summed E-state index contributed by atoms with van der Waals surface area (Å²) in [7, 11) is 0. The van der Waals surface area contributed by atoms with Gasteiger partial charge in [-0.1, -0.05) is 0 Å². The Kier molecular flexibility index (Phi) is 2.01. The molecule has 0 atom stereocenters. The lowest BCUT2D eigenvalue weighted by atomic mass is 10.2. The number of hydrogen-bond acceptors (Lipinski definition) is 4. The lowest BCUT2D eigenvalue weighted by Crippen LogP contribution is -1.74. The van der Waals surface area contributed by atoms with Crippen LogP contribution in [0, 0.1) is 0 Å². The summed E-state index contributed by atoms with van der Waals surface area (Å²) in [6.07, 6.45) is 2.67. The number of thiazole rings is 1. The normalized spacial score (nSPS) is 10.0. The van der Waals surface area contributed by atoms with Crippen LogP contribution in [-0.4, -0.2) is 11.3 Å². The van der Waals surface area contributed by atoms with Gasteiger partial charge in [0.15, 0.2) is 6.29 Å². The van der Waals surface area contributed by atoms with Crippen molar-refractivity contribution in [2.75, 3.05) is 0 Å². The van der Waals surface area contributed by atoms with E-state index in [-0.39, 0.29) is 0 Å². The van der Waals surface area contributed by atoms with Crippen LogP contribution in [0.4, 0.5) is 0 Å². The average Bonchev–Trinajstić information content (AvgIpc) is 2.74. The molecule has 2 heterocycles. The summed E-state index contributed by atoms with van der Waals surface area (Å²) in [6.45, 7) is 0. The molecule has 0 aliphatic heterocycles. The Morgan fingerprint density at radius 3 is 3.00 bits per heavy atom. The number of nitrogens with zero attached hydrogens (tertiary/aromatic N) is 1. The summed E-state index contributed by atoms with van der Waals surface area (Å²) >= 11 is 3.01. The molecule has 0 saturated carbocycles. The minimum Gasteiger partial charge on any atom is -0.297 e. The molecule has 2 aromatic heterocycles. The van der Waals surface area contributed by atoms with Gasteiger partial charge < -0.3 is 0 Å². The molecule has 0 unspecified atom stereocenters. The van der Waals surface area contributed by atoms with E-state index in [4.69, 9.17) is 0 Å². The second kappa shape index (κ2) is 3.16.